The number of sulfonamides is 1. The van der Waals surface area contributed by atoms with Crippen molar-refractivity contribution in [2.24, 2.45) is 5.73 Å². The summed E-state index contributed by atoms with van der Waals surface area (Å²) in [6, 6.07) is 24.6. The summed E-state index contributed by atoms with van der Waals surface area (Å²) in [5.41, 5.74) is 6.95. The summed E-state index contributed by atoms with van der Waals surface area (Å²) in [6.45, 7) is 0. The van der Waals surface area contributed by atoms with Crippen LogP contribution in [0.3, 0.4) is 0 Å². The second kappa shape index (κ2) is 13.6. The van der Waals surface area contributed by atoms with Crippen LogP contribution in [0.15, 0.2) is 112 Å². The van der Waals surface area contributed by atoms with Crippen LogP contribution >= 0.6 is 11.6 Å². The van der Waals surface area contributed by atoms with E-state index in [-0.39, 0.29) is 50.4 Å². The number of nitrogens with two attached hydrogens (primary N) is 1. The molecule has 1 aromatic heterocycles. The van der Waals surface area contributed by atoms with Crippen LogP contribution < -0.4 is 20.7 Å². The minimum absolute atomic E-state index is 0.00607. The van der Waals surface area contributed by atoms with E-state index >= 15 is 0 Å². The number of hydrogen-bond acceptors (Lipinski definition) is 13. The van der Waals surface area contributed by atoms with Crippen molar-refractivity contribution in [2.75, 3.05) is 29.2 Å². The van der Waals surface area contributed by atoms with Crippen LogP contribution in [-0.4, -0.2) is 49.5 Å². The maximum absolute atomic E-state index is 13.6. The third-order valence-corrected chi connectivity index (χ3v) is 8.36. The number of anilines is 4. The van der Waals surface area contributed by atoms with Gasteiger partial charge in [-0.3, -0.25) is 4.90 Å². The van der Waals surface area contributed by atoms with Gasteiger partial charge in [0, 0.05) is 11.4 Å². The SMILES string of the molecule is COC(=O)C1=C(C(=O)OC)N(c2cccc(S(=O)(=O)Nc3nc(Cl)nc(Nc4ccccc4)n3)c2)C(N)=C(C#N)C1c1ccccc1. The maximum atomic E-state index is 13.6. The van der Waals surface area contributed by atoms with Crippen LogP contribution in [0.1, 0.15) is 11.5 Å². The highest BCUT2D eigenvalue weighted by Gasteiger charge is 2.43. The summed E-state index contributed by atoms with van der Waals surface area (Å²) in [4.78, 5) is 39.4. The number of esters is 2. The largest absolute Gasteiger partial charge is 0.466 e. The number of carbonyl (C=O) groups is 2. The number of nitriles is 1. The van der Waals surface area contributed by atoms with Crippen molar-refractivity contribution >= 4 is 56.8 Å². The van der Waals surface area contributed by atoms with Gasteiger partial charge < -0.3 is 20.5 Å². The Morgan fingerprint density at radius 1 is 0.915 bits per heavy atom. The number of nitrogens with one attached hydrogen (secondary N) is 2. The minimum atomic E-state index is -4.41. The van der Waals surface area contributed by atoms with E-state index in [4.69, 9.17) is 26.8 Å². The zero-order valence-corrected chi connectivity index (χ0v) is 26.3. The van der Waals surface area contributed by atoms with E-state index in [0.717, 1.165) is 19.1 Å². The molecule has 0 aliphatic carbocycles. The molecule has 1 atom stereocenters. The standard InChI is InChI=1S/C31H25ClN8O6S/c1-45-27(41)24-23(18-10-5-3-6-11-18)22(17-33)26(34)40(25(24)28(42)46-2)20-14-9-15-21(16-20)47(43,44)39-31-37-29(32)36-30(38-31)35-19-12-7-4-8-13-19/h3-16,23H,34H2,1-2H3,(H2,35,36,37,38,39). The second-order valence-corrected chi connectivity index (χ2v) is 11.7. The number of halogens is 1. The van der Waals surface area contributed by atoms with Gasteiger partial charge in [-0.1, -0.05) is 54.6 Å². The fourth-order valence-electron chi connectivity index (χ4n) is 4.85. The maximum Gasteiger partial charge on any atom is 0.355 e. The average molecular weight is 673 g/mol. The van der Waals surface area contributed by atoms with Crippen molar-refractivity contribution in [3.8, 4) is 6.07 Å². The monoisotopic (exact) mass is 672 g/mol. The molecule has 0 spiro atoms. The lowest BCUT2D eigenvalue weighted by atomic mass is 9.81. The molecule has 4 aromatic rings. The van der Waals surface area contributed by atoms with Crippen molar-refractivity contribution < 1.29 is 27.5 Å². The molecular weight excluding hydrogens is 648 g/mol. The number of rotatable bonds is 9. The summed E-state index contributed by atoms with van der Waals surface area (Å²) in [7, 11) is -2.19. The summed E-state index contributed by atoms with van der Waals surface area (Å²) in [5, 5.41) is 12.9. The number of allylic oxidation sites excluding steroid dienone is 1. The van der Waals surface area contributed by atoms with Gasteiger partial charge in [-0.15, -0.1) is 0 Å². The molecule has 0 fully saturated rings. The van der Waals surface area contributed by atoms with E-state index in [9.17, 15) is 23.3 Å². The third-order valence-electron chi connectivity index (χ3n) is 6.86. The van der Waals surface area contributed by atoms with E-state index in [1.54, 1.807) is 54.6 Å². The Labute approximate surface area is 274 Å². The van der Waals surface area contributed by atoms with Gasteiger partial charge in [-0.2, -0.15) is 20.2 Å². The average Bonchev–Trinajstić information content (AvgIpc) is 3.07. The Bertz CT molecular complexity index is 2070. The third kappa shape index (κ3) is 6.69. The zero-order valence-electron chi connectivity index (χ0n) is 24.7. The number of aromatic nitrogens is 3. The van der Waals surface area contributed by atoms with E-state index in [2.05, 4.69) is 25.0 Å². The summed E-state index contributed by atoms with van der Waals surface area (Å²) in [6.07, 6.45) is 0. The topological polar surface area (TPSA) is 203 Å². The van der Waals surface area contributed by atoms with E-state index in [1.807, 2.05) is 12.1 Å². The van der Waals surface area contributed by atoms with Crippen LogP contribution in [0, 0.1) is 11.3 Å². The van der Waals surface area contributed by atoms with Crippen molar-refractivity contribution in [3.05, 3.63) is 118 Å². The first kappa shape index (κ1) is 32.4. The molecule has 0 radical (unpaired) electrons. The Balaban J connectivity index is 1.59. The quantitative estimate of drug-likeness (QED) is 0.216. The molecule has 0 saturated heterocycles. The van der Waals surface area contributed by atoms with Crippen molar-refractivity contribution in [3.63, 3.8) is 0 Å². The zero-order chi connectivity index (χ0) is 33.7. The first-order valence-corrected chi connectivity index (χ1v) is 15.5. The van der Waals surface area contributed by atoms with Gasteiger partial charge in [0.1, 0.15) is 11.5 Å². The predicted molar refractivity (Wildman–Crippen MR) is 171 cm³/mol. The van der Waals surface area contributed by atoms with Gasteiger partial charge >= 0.3 is 11.9 Å². The number of carbonyl (C=O) groups excluding carboxylic acids is 2. The van der Waals surface area contributed by atoms with Gasteiger partial charge in [-0.25, -0.2) is 22.7 Å². The molecule has 3 aromatic carbocycles. The fraction of sp³-hybridized carbons (Fsp3) is 0.0968. The van der Waals surface area contributed by atoms with Gasteiger partial charge in [0.25, 0.3) is 10.0 Å². The molecule has 1 aliphatic rings. The molecule has 0 saturated carbocycles. The van der Waals surface area contributed by atoms with Crippen molar-refractivity contribution in [1.82, 2.24) is 15.0 Å². The van der Waals surface area contributed by atoms with Crippen LogP contribution in [0.25, 0.3) is 0 Å². The first-order valence-electron chi connectivity index (χ1n) is 13.6. The molecule has 1 unspecified atom stereocenters. The molecule has 2 heterocycles. The highest BCUT2D eigenvalue weighted by atomic mass is 35.5. The van der Waals surface area contributed by atoms with E-state index in [1.165, 1.54) is 24.3 Å². The lowest BCUT2D eigenvalue weighted by molar-refractivity contribution is -0.139. The number of ether oxygens (including phenoxy) is 2. The van der Waals surface area contributed by atoms with Gasteiger partial charge in [0.05, 0.1) is 42.2 Å². The molecule has 16 heteroatoms. The predicted octanol–water partition coefficient (Wildman–Crippen LogP) is 3.97. The Morgan fingerprint density at radius 3 is 2.19 bits per heavy atom. The molecule has 1 aliphatic heterocycles. The minimum Gasteiger partial charge on any atom is -0.466 e. The highest BCUT2D eigenvalue weighted by Crippen LogP contribution is 2.43. The first-order chi connectivity index (χ1) is 22.6. The lowest BCUT2D eigenvalue weighted by Crippen LogP contribution is -2.40. The smallest absolute Gasteiger partial charge is 0.355 e. The number of benzene rings is 3. The van der Waals surface area contributed by atoms with E-state index < -0.39 is 27.9 Å². The van der Waals surface area contributed by atoms with Crippen LogP contribution in [0.2, 0.25) is 5.28 Å². The highest BCUT2D eigenvalue weighted by molar-refractivity contribution is 7.92. The van der Waals surface area contributed by atoms with Gasteiger partial charge in [0.2, 0.25) is 17.2 Å². The van der Waals surface area contributed by atoms with Crippen molar-refractivity contribution in [2.45, 2.75) is 10.8 Å². The van der Waals surface area contributed by atoms with Gasteiger partial charge in [0.15, 0.2) is 0 Å². The molecule has 5 rings (SSSR count). The molecule has 4 N–H and O–H groups in total. The van der Waals surface area contributed by atoms with Crippen LogP contribution in [-0.2, 0) is 29.1 Å². The van der Waals surface area contributed by atoms with Crippen LogP contribution in [0.4, 0.5) is 23.3 Å². The summed E-state index contributed by atoms with van der Waals surface area (Å²) < 4.78 is 39.5. The van der Waals surface area contributed by atoms with Crippen LogP contribution in [0.5, 0.6) is 0 Å². The molecule has 0 bridgehead atoms. The Kier molecular flexibility index (Phi) is 9.36. The van der Waals surface area contributed by atoms with E-state index in [0.29, 0.717) is 11.3 Å². The molecule has 0 amide bonds. The fourth-order valence-corrected chi connectivity index (χ4v) is 6.00. The summed E-state index contributed by atoms with van der Waals surface area (Å²) >= 11 is 6.05. The second-order valence-electron chi connectivity index (χ2n) is 9.68. The number of nitrogens with zero attached hydrogens (tertiary/aromatic N) is 5. The van der Waals surface area contributed by atoms with Crippen molar-refractivity contribution in [1.29, 1.82) is 5.26 Å². The Morgan fingerprint density at radius 2 is 1.55 bits per heavy atom. The number of para-hydroxylation sites is 1. The summed E-state index contributed by atoms with van der Waals surface area (Å²) in [5.74, 6) is -3.66. The number of methoxy groups -OCH3 is 2. The molecule has 14 nitrogen and oxygen atoms in total. The molecule has 47 heavy (non-hydrogen) atoms. The Hall–Kier alpha value is -5.98. The molecular formula is C31H25ClN8O6S. The lowest BCUT2D eigenvalue weighted by Gasteiger charge is -2.36. The molecule has 238 valence electrons. The van der Waals surface area contributed by atoms with Gasteiger partial charge in [-0.05, 0) is 47.5 Å². The normalized spacial score (nSPS) is 14.7. The number of hydrogen-bond donors (Lipinski definition) is 3.